The summed E-state index contributed by atoms with van der Waals surface area (Å²) in [5, 5.41) is 14.4. The van der Waals surface area contributed by atoms with Gasteiger partial charge in [0.15, 0.2) is 5.76 Å². The topological polar surface area (TPSA) is 85.8 Å². The normalized spacial score (nSPS) is 11.0. The lowest BCUT2D eigenvalue weighted by atomic mass is 10.4. The van der Waals surface area contributed by atoms with Crippen LogP contribution in [0.2, 0.25) is 0 Å². The number of nitrogens with one attached hydrogen (secondary N) is 1. The first kappa shape index (κ1) is 13.0. The van der Waals surface area contributed by atoms with Gasteiger partial charge >= 0.3 is 0 Å². The quantitative estimate of drug-likeness (QED) is 0.619. The molecule has 0 bridgehead atoms. The van der Waals surface area contributed by atoms with Crippen molar-refractivity contribution in [3.05, 3.63) is 30.5 Å². The van der Waals surface area contributed by atoms with Crippen molar-refractivity contribution in [1.29, 1.82) is 0 Å². The molecule has 0 aliphatic heterocycles. The lowest BCUT2D eigenvalue weighted by molar-refractivity contribution is -0.122. The average molecular weight is 261 g/mol. The van der Waals surface area contributed by atoms with Crippen LogP contribution in [-0.2, 0) is 11.3 Å². The Morgan fingerprint density at radius 2 is 2.47 bits per heavy atom. The van der Waals surface area contributed by atoms with Gasteiger partial charge in [-0.15, -0.1) is 10.2 Å². The minimum absolute atomic E-state index is 0.0452. The van der Waals surface area contributed by atoms with E-state index in [0.717, 1.165) is 6.42 Å². The van der Waals surface area contributed by atoms with Crippen molar-refractivity contribution in [1.82, 2.24) is 25.5 Å². The van der Waals surface area contributed by atoms with Crippen molar-refractivity contribution in [2.24, 2.45) is 0 Å². The molecule has 2 aromatic heterocycles. The molecule has 0 saturated carbocycles. The Labute approximate surface area is 110 Å². The standard InChI is InChI=1S/C12H15N5O2/c1-2-3-4-7-13-11(18)9-17-15-12(14-16-17)10-6-5-8-19-10/h2-3,5-6,8H,4,7,9H2,1H3,(H,13,18)/b3-2+. The van der Waals surface area contributed by atoms with Gasteiger partial charge in [-0.1, -0.05) is 12.2 Å². The first-order valence-electron chi connectivity index (χ1n) is 5.99. The molecular formula is C12H15N5O2. The molecule has 0 spiro atoms. The van der Waals surface area contributed by atoms with Crippen molar-refractivity contribution >= 4 is 5.91 Å². The van der Waals surface area contributed by atoms with Crippen LogP contribution < -0.4 is 5.32 Å². The van der Waals surface area contributed by atoms with Gasteiger partial charge in [0.05, 0.1) is 6.26 Å². The minimum Gasteiger partial charge on any atom is -0.461 e. The van der Waals surface area contributed by atoms with Crippen molar-refractivity contribution < 1.29 is 9.21 Å². The van der Waals surface area contributed by atoms with Crippen molar-refractivity contribution in [2.45, 2.75) is 19.9 Å². The molecule has 0 aliphatic rings. The highest BCUT2D eigenvalue weighted by Gasteiger charge is 2.10. The summed E-state index contributed by atoms with van der Waals surface area (Å²) in [5.74, 6) is 0.749. The maximum atomic E-state index is 11.6. The zero-order chi connectivity index (χ0) is 13.5. The second-order valence-corrected chi connectivity index (χ2v) is 3.83. The van der Waals surface area contributed by atoms with Crippen LogP contribution in [0.25, 0.3) is 11.6 Å². The number of aromatic nitrogens is 4. The lowest BCUT2D eigenvalue weighted by Crippen LogP contribution is -2.29. The molecule has 0 fully saturated rings. The maximum Gasteiger partial charge on any atom is 0.243 e. The highest BCUT2D eigenvalue weighted by molar-refractivity contribution is 5.75. The van der Waals surface area contributed by atoms with Gasteiger partial charge in [-0.2, -0.15) is 4.80 Å². The molecule has 7 nitrogen and oxygen atoms in total. The molecular weight excluding hydrogens is 246 g/mol. The van der Waals surface area contributed by atoms with Crippen LogP contribution in [0.15, 0.2) is 35.0 Å². The Kier molecular flexibility index (Phi) is 4.44. The number of rotatable bonds is 6. The fourth-order valence-electron chi connectivity index (χ4n) is 1.46. The van der Waals surface area contributed by atoms with Crippen LogP contribution >= 0.6 is 0 Å². The van der Waals surface area contributed by atoms with E-state index < -0.39 is 0 Å². The SMILES string of the molecule is C/C=C/CCNC(=O)Cn1nnc(-c2ccco2)n1. The lowest BCUT2D eigenvalue weighted by Gasteiger charge is -2.01. The zero-order valence-electron chi connectivity index (χ0n) is 10.6. The predicted octanol–water partition coefficient (Wildman–Crippen LogP) is 1.02. The summed E-state index contributed by atoms with van der Waals surface area (Å²) in [4.78, 5) is 12.8. The summed E-state index contributed by atoms with van der Waals surface area (Å²) in [6.45, 7) is 2.59. The molecule has 0 aliphatic carbocycles. The predicted molar refractivity (Wildman–Crippen MR) is 68.0 cm³/mol. The van der Waals surface area contributed by atoms with E-state index in [0.29, 0.717) is 18.1 Å². The second-order valence-electron chi connectivity index (χ2n) is 3.83. The first-order valence-corrected chi connectivity index (χ1v) is 5.99. The van der Waals surface area contributed by atoms with E-state index in [1.54, 1.807) is 12.1 Å². The van der Waals surface area contributed by atoms with Gasteiger partial charge in [0.1, 0.15) is 6.54 Å². The minimum atomic E-state index is -0.145. The number of allylic oxidation sites excluding steroid dienone is 1. The molecule has 0 radical (unpaired) electrons. The summed E-state index contributed by atoms with van der Waals surface area (Å²) in [6, 6.07) is 3.47. The molecule has 100 valence electrons. The highest BCUT2D eigenvalue weighted by Crippen LogP contribution is 2.12. The third-order valence-corrected chi connectivity index (χ3v) is 2.35. The Bertz CT molecular complexity index is 544. The zero-order valence-corrected chi connectivity index (χ0v) is 10.6. The first-order chi connectivity index (χ1) is 9.29. The van der Waals surface area contributed by atoms with E-state index >= 15 is 0 Å². The molecule has 0 aromatic carbocycles. The van der Waals surface area contributed by atoms with E-state index in [-0.39, 0.29) is 12.5 Å². The van der Waals surface area contributed by atoms with Gasteiger partial charge < -0.3 is 9.73 Å². The molecule has 7 heteroatoms. The number of furan rings is 1. The number of hydrogen-bond acceptors (Lipinski definition) is 5. The molecule has 2 heterocycles. The van der Waals surface area contributed by atoms with Crippen LogP contribution in [0.4, 0.5) is 0 Å². The van der Waals surface area contributed by atoms with Crippen molar-refractivity contribution in [2.75, 3.05) is 6.54 Å². The molecule has 1 N–H and O–H groups in total. The highest BCUT2D eigenvalue weighted by atomic mass is 16.3. The largest absolute Gasteiger partial charge is 0.461 e. The summed E-state index contributed by atoms with van der Waals surface area (Å²) < 4.78 is 5.14. The average Bonchev–Trinajstić information content (AvgIpc) is 3.04. The van der Waals surface area contributed by atoms with Crippen LogP contribution in [0.5, 0.6) is 0 Å². The Morgan fingerprint density at radius 3 is 3.21 bits per heavy atom. The Morgan fingerprint density at radius 1 is 1.58 bits per heavy atom. The number of nitrogens with zero attached hydrogens (tertiary/aromatic N) is 4. The third kappa shape index (κ3) is 3.77. The van der Waals surface area contributed by atoms with Crippen molar-refractivity contribution in [3.8, 4) is 11.6 Å². The molecule has 0 unspecified atom stereocenters. The maximum absolute atomic E-state index is 11.6. The summed E-state index contributed by atoms with van der Waals surface area (Å²) >= 11 is 0. The molecule has 0 atom stereocenters. The van der Waals surface area contributed by atoms with E-state index in [9.17, 15) is 4.79 Å². The number of carbonyl (C=O) groups excluding carboxylic acids is 1. The Balaban J connectivity index is 1.84. The summed E-state index contributed by atoms with van der Waals surface area (Å²) in [7, 11) is 0. The van der Waals surface area contributed by atoms with Crippen LogP contribution in [-0.4, -0.2) is 32.7 Å². The van der Waals surface area contributed by atoms with E-state index in [4.69, 9.17) is 4.42 Å². The fourth-order valence-corrected chi connectivity index (χ4v) is 1.46. The van der Waals surface area contributed by atoms with Gasteiger partial charge in [-0.3, -0.25) is 4.79 Å². The van der Waals surface area contributed by atoms with Crippen LogP contribution in [0, 0.1) is 0 Å². The fraction of sp³-hybridized carbons (Fsp3) is 0.333. The molecule has 19 heavy (non-hydrogen) atoms. The molecule has 2 aromatic rings. The van der Waals surface area contributed by atoms with Gasteiger partial charge in [0.25, 0.3) is 0 Å². The van der Waals surface area contributed by atoms with Gasteiger partial charge in [-0.25, -0.2) is 0 Å². The van der Waals surface area contributed by atoms with Gasteiger partial charge in [-0.05, 0) is 30.7 Å². The molecule has 0 saturated heterocycles. The smallest absolute Gasteiger partial charge is 0.243 e. The van der Waals surface area contributed by atoms with Crippen LogP contribution in [0.1, 0.15) is 13.3 Å². The monoisotopic (exact) mass is 261 g/mol. The number of amides is 1. The molecule has 2 rings (SSSR count). The molecule has 1 amide bonds. The summed E-state index contributed by atoms with van der Waals surface area (Å²) in [5.41, 5.74) is 0. The Hall–Kier alpha value is -2.44. The summed E-state index contributed by atoms with van der Waals surface area (Å²) in [6.07, 6.45) is 6.28. The van der Waals surface area contributed by atoms with Crippen molar-refractivity contribution in [3.63, 3.8) is 0 Å². The van der Waals surface area contributed by atoms with E-state index in [2.05, 4.69) is 20.7 Å². The number of carbonyl (C=O) groups is 1. The number of tetrazole rings is 1. The van der Waals surface area contributed by atoms with Gasteiger partial charge in [0.2, 0.25) is 11.7 Å². The van der Waals surface area contributed by atoms with Gasteiger partial charge in [0, 0.05) is 6.54 Å². The van der Waals surface area contributed by atoms with E-state index in [1.165, 1.54) is 11.1 Å². The second kappa shape index (κ2) is 6.48. The van der Waals surface area contributed by atoms with Crippen LogP contribution in [0.3, 0.4) is 0 Å². The van der Waals surface area contributed by atoms with E-state index in [1.807, 2.05) is 19.1 Å². The number of hydrogen-bond donors (Lipinski definition) is 1. The third-order valence-electron chi connectivity index (χ3n) is 2.35.